The zero-order chi connectivity index (χ0) is 13.5. The number of carbonyl (C=O) groups excluding carboxylic acids is 1. The molecule has 0 aliphatic heterocycles. The molecule has 5 heteroatoms. The fraction of sp³-hybridized carbons (Fsp3) is 0.500. The van der Waals surface area contributed by atoms with Crippen LogP contribution in [0.15, 0.2) is 25.0 Å². The first-order valence-electron chi connectivity index (χ1n) is 6.77. The molecule has 1 fully saturated rings. The van der Waals surface area contributed by atoms with Crippen LogP contribution in [0.3, 0.4) is 0 Å². The number of nitrogens with one attached hydrogen (secondary N) is 2. The van der Waals surface area contributed by atoms with Crippen LogP contribution in [0, 0.1) is 0 Å². The molecule has 0 saturated heterocycles. The average molecular weight is 260 g/mol. The van der Waals surface area contributed by atoms with Gasteiger partial charge in [0.15, 0.2) is 0 Å². The van der Waals surface area contributed by atoms with E-state index >= 15 is 0 Å². The fourth-order valence-corrected chi connectivity index (χ4v) is 2.27. The Morgan fingerprint density at radius 1 is 1.37 bits per heavy atom. The van der Waals surface area contributed by atoms with Crippen LogP contribution in [0.25, 0.3) is 0 Å². The SMILES string of the molecule is C=CCNC(=O)c1cc(NC2CCCCC2)ncn1. The minimum absolute atomic E-state index is 0.200. The Labute approximate surface area is 113 Å². The first-order chi connectivity index (χ1) is 9.29. The topological polar surface area (TPSA) is 66.9 Å². The van der Waals surface area contributed by atoms with Crippen molar-refractivity contribution in [3.63, 3.8) is 0 Å². The summed E-state index contributed by atoms with van der Waals surface area (Å²) in [6, 6.07) is 2.17. The molecule has 0 aromatic carbocycles. The number of nitrogens with zero attached hydrogens (tertiary/aromatic N) is 2. The lowest BCUT2D eigenvalue weighted by Gasteiger charge is -2.23. The van der Waals surface area contributed by atoms with E-state index in [4.69, 9.17) is 0 Å². The number of aromatic nitrogens is 2. The summed E-state index contributed by atoms with van der Waals surface area (Å²) < 4.78 is 0. The van der Waals surface area contributed by atoms with Crippen molar-refractivity contribution in [1.29, 1.82) is 0 Å². The Bertz CT molecular complexity index is 441. The van der Waals surface area contributed by atoms with E-state index in [0.717, 1.165) is 5.82 Å². The predicted octanol–water partition coefficient (Wildman–Crippen LogP) is 2.14. The van der Waals surface area contributed by atoms with Crippen molar-refractivity contribution in [2.24, 2.45) is 0 Å². The second-order valence-electron chi connectivity index (χ2n) is 4.77. The molecule has 1 heterocycles. The van der Waals surface area contributed by atoms with Gasteiger partial charge in [-0.05, 0) is 12.8 Å². The molecule has 1 amide bonds. The molecule has 0 bridgehead atoms. The Hall–Kier alpha value is -1.91. The fourth-order valence-electron chi connectivity index (χ4n) is 2.27. The largest absolute Gasteiger partial charge is 0.367 e. The average Bonchev–Trinajstić information content (AvgIpc) is 2.46. The van der Waals surface area contributed by atoms with Crippen LogP contribution >= 0.6 is 0 Å². The van der Waals surface area contributed by atoms with Crippen molar-refractivity contribution >= 4 is 11.7 Å². The summed E-state index contributed by atoms with van der Waals surface area (Å²) in [6.07, 6.45) is 9.24. The van der Waals surface area contributed by atoms with E-state index in [1.54, 1.807) is 12.1 Å². The molecule has 1 aromatic rings. The number of amides is 1. The quantitative estimate of drug-likeness (QED) is 0.796. The number of hydrogen-bond donors (Lipinski definition) is 2. The minimum Gasteiger partial charge on any atom is -0.367 e. The molecule has 2 N–H and O–H groups in total. The molecule has 2 rings (SSSR count). The van der Waals surface area contributed by atoms with Gasteiger partial charge in [0.05, 0.1) is 0 Å². The van der Waals surface area contributed by atoms with Crippen molar-refractivity contribution in [3.8, 4) is 0 Å². The van der Waals surface area contributed by atoms with Crippen molar-refractivity contribution in [1.82, 2.24) is 15.3 Å². The van der Waals surface area contributed by atoms with Gasteiger partial charge in [-0.1, -0.05) is 25.3 Å². The van der Waals surface area contributed by atoms with Crippen LogP contribution in [0.5, 0.6) is 0 Å². The van der Waals surface area contributed by atoms with Crippen LogP contribution in [0.4, 0.5) is 5.82 Å². The molecule has 1 saturated carbocycles. The van der Waals surface area contributed by atoms with E-state index in [1.165, 1.54) is 38.4 Å². The van der Waals surface area contributed by atoms with Crippen LogP contribution < -0.4 is 10.6 Å². The number of carbonyl (C=O) groups is 1. The van der Waals surface area contributed by atoms with E-state index in [0.29, 0.717) is 18.3 Å². The minimum atomic E-state index is -0.200. The standard InChI is InChI=1S/C14H20N4O/c1-2-8-15-14(19)12-9-13(17-10-16-12)18-11-6-4-3-5-7-11/h2,9-11H,1,3-8H2,(H,15,19)(H,16,17,18). The van der Waals surface area contributed by atoms with E-state index in [9.17, 15) is 4.79 Å². The highest BCUT2D eigenvalue weighted by Crippen LogP contribution is 2.20. The Balaban J connectivity index is 1.97. The summed E-state index contributed by atoms with van der Waals surface area (Å²) in [5.74, 6) is 0.527. The summed E-state index contributed by atoms with van der Waals surface area (Å²) in [5.41, 5.74) is 0.384. The maximum absolute atomic E-state index is 11.8. The maximum Gasteiger partial charge on any atom is 0.270 e. The molecule has 19 heavy (non-hydrogen) atoms. The molecule has 1 aromatic heterocycles. The molecule has 0 spiro atoms. The maximum atomic E-state index is 11.8. The third-order valence-corrected chi connectivity index (χ3v) is 3.26. The van der Waals surface area contributed by atoms with Crippen LogP contribution in [0.2, 0.25) is 0 Å². The Morgan fingerprint density at radius 2 is 2.16 bits per heavy atom. The van der Waals surface area contributed by atoms with Gasteiger partial charge in [0.1, 0.15) is 17.8 Å². The molecular weight excluding hydrogens is 240 g/mol. The Kier molecular flexibility index (Phi) is 4.89. The highest BCUT2D eigenvalue weighted by atomic mass is 16.1. The molecule has 0 atom stereocenters. The predicted molar refractivity (Wildman–Crippen MR) is 75.1 cm³/mol. The van der Waals surface area contributed by atoms with Gasteiger partial charge in [-0.3, -0.25) is 4.79 Å². The van der Waals surface area contributed by atoms with Gasteiger partial charge in [-0.25, -0.2) is 9.97 Å². The van der Waals surface area contributed by atoms with Gasteiger partial charge in [0.25, 0.3) is 5.91 Å². The molecule has 5 nitrogen and oxygen atoms in total. The molecule has 102 valence electrons. The Morgan fingerprint density at radius 3 is 2.89 bits per heavy atom. The van der Waals surface area contributed by atoms with Crippen molar-refractivity contribution < 1.29 is 4.79 Å². The smallest absolute Gasteiger partial charge is 0.270 e. The first-order valence-corrected chi connectivity index (χ1v) is 6.77. The third kappa shape index (κ3) is 4.05. The van der Waals surface area contributed by atoms with Gasteiger partial charge < -0.3 is 10.6 Å². The summed E-state index contributed by atoms with van der Waals surface area (Å²) >= 11 is 0. The number of anilines is 1. The van der Waals surface area contributed by atoms with Crippen molar-refractivity contribution in [2.75, 3.05) is 11.9 Å². The van der Waals surface area contributed by atoms with Crippen molar-refractivity contribution in [2.45, 2.75) is 38.1 Å². The van der Waals surface area contributed by atoms with E-state index in [2.05, 4.69) is 27.2 Å². The van der Waals surface area contributed by atoms with E-state index < -0.39 is 0 Å². The molecule has 1 aliphatic carbocycles. The zero-order valence-electron chi connectivity index (χ0n) is 11.1. The van der Waals surface area contributed by atoms with E-state index in [1.807, 2.05) is 0 Å². The normalized spacial score (nSPS) is 15.8. The molecule has 0 radical (unpaired) electrons. The summed E-state index contributed by atoms with van der Waals surface area (Å²) in [7, 11) is 0. The highest BCUT2D eigenvalue weighted by Gasteiger charge is 2.14. The first kappa shape index (κ1) is 13.5. The van der Waals surface area contributed by atoms with Crippen LogP contribution in [0.1, 0.15) is 42.6 Å². The zero-order valence-corrected chi connectivity index (χ0v) is 11.1. The second kappa shape index (κ2) is 6.87. The lowest BCUT2D eigenvalue weighted by atomic mass is 9.95. The lowest BCUT2D eigenvalue weighted by molar-refractivity contribution is 0.0953. The van der Waals surface area contributed by atoms with Gasteiger partial charge in [0, 0.05) is 18.7 Å². The third-order valence-electron chi connectivity index (χ3n) is 3.26. The summed E-state index contributed by atoms with van der Waals surface area (Å²) in [5, 5.41) is 6.09. The van der Waals surface area contributed by atoms with Crippen LogP contribution in [-0.4, -0.2) is 28.5 Å². The van der Waals surface area contributed by atoms with Crippen LogP contribution in [-0.2, 0) is 0 Å². The van der Waals surface area contributed by atoms with Gasteiger partial charge in [-0.2, -0.15) is 0 Å². The van der Waals surface area contributed by atoms with Gasteiger partial charge >= 0.3 is 0 Å². The number of hydrogen-bond acceptors (Lipinski definition) is 4. The summed E-state index contributed by atoms with van der Waals surface area (Å²) in [4.78, 5) is 19.9. The van der Waals surface area contributed by atoms with Gasteiger partial charge in [0.2, 0.25) is 0 Å². The second-order valence-corrected chi connectivity index (χ2v) is 4.77. The number of rotatable bonds is 5. The highest BCUT2D eigenvalue weighted by molar-refractivity contribution is 5.92. The molecular formula is C14H20N4O. The lowest BCUT2D eigenvalue weighted by Crippen LogP contribution is -2.26. The molecule has 0 unspecified atom stereocenters. The summed E-state index contributed by atoms with van der Waals surface area (Å²) in [6.45, 7) is 4.00. The monoisotopic (exact) mass is 260 g/mol. The van der Waals surface area contributed by atoms with E-state index in [-0.39, 0.29) is 5.91 Å². The van der Waals surface area contributed by atoms with Gasteiger partial charge in [-0.15, -0.1) is 6.58 Å². The molecule has 1 aliphatic rings. The van der Waals surface area contributed by atoms with Crippen molar-refractivity contribution in [3.05, 3.63) is 30.7 Å².